The van der Waals surface area contributed by atoms with Crippen molar-refractivity contribution in [1.82, 2.24) is 4.57 Å². The first-order chi connectivity index (χ1) is 17.2. The Hall–Kier alpha value is -3.90. The van der Waals surface area contributed by atoms with Gasteiger partial charge in [0.05, 0.1) is 30.5 Å². The smallest absolute Gasteiger partial charge is 0.271 e. The van der Waals surface area contributed by atoms with Gasteiger partial charge in [-0.3, -0.25) is 9.36 Å². The van der Waals surface area contributed by atoms with Crippen LogP contribution in [0, 0.1) is 0 Å². The molecule has 0 saturated carbocycles. The van der Waals surface area contributed by atoms with Gasteiger partial charge in [0.25, 0.3) is 5.56 Å². The molecule has 2 aliphatic rings. The molecule has 6 heteroatoms. The minimum Gasteiger partial charge on any atom is -0.497 e. The molecule has 6 rings (SSSR count). The van der Waals surface area contributed by atoms with Crippen LogP contribution in [0.25, 0.3) is 11.8 Å². The van der Waals surface area contributed by atoms with E-state index in [4.69, 9.17) is 14.5 Å². The number of rotatable bonds is 4. The maximum absolute atomic E-state index is 13.8. The molecule has 4 aromatic rings. The molecule has 1 atom stereocenters. The monoisotopic (exact) mass is 480 g/mol. The predicted octanol–water partition coefficient (Wildman–Crippen LogP) is 4.34. The van der Waals surface area contributed by atoms with E-state index in [1.54, 1.807) is 14.2 Å². The van der Waals surface area contributed by atoms with Gasteiger partial charge >= 0.3 is 0 Å². The lowest BCUT2D eigenvalue weighted by Crippen LogP contribution is -2.38. The van der Waals surface area contributed by atoms with Gasteiger partial charge in [0.2, 0.25) is 0 Å². The van der Waals surface area contributed by atoms with Crippen molar-refractivity contribution in [3.8, 4) is 11.5 Å². The fourth-order valence-electron chi connectivity index (χ4n) is 4.96. The van der Waals surface area contributed by atoms with E-state index in [2.05, 4.69) is 36.4 Å². The second-order valence-corrected chi connectivity index (χ2v) is 9.67. The summed E-state index contributed by atoms with van der Waals surface area (Å²) in [6, 6.07) is 24.0. The molecule has 35 heavy (non-hydrogen) atoms. The van der Waals surface area contributed by atoms with Crippen LogP contribution in [0.1, 0.15) is 34.7 Å². The van der Waals surface area contributed by atoms with Gasteiger partial charge in [0, 0.05) is 5.56 Å². The number of benzene rings is 3. The van der Waals surface area contributed by atoms with Gasteiger partial charge in [0.15, 0.2) is 4.80 Å². The van der Waals surface area contributed by atoms with Gasteiger partial charge in [-0.25, -0.2) is 4.99 Å². The van der Waals surface area contributed by atoms with E-state index in [1.807, 2.05) is 47.0 Å². The highest BCUT2D eigenvalue weighted by molar-refractivity contribution is 7.07. The molecule has 1 aromatic heterocycles. The number of allylic oxidation sites excluding steroid dienone is 1. The standard InChI is InChI=1S/C29H24N2O3S/c1-33-21-12-7-18(8-13-21)17-25-28(32)31-27(20-9-14-22(34-2)15-10-20)24-16-11-19-5-3-4-6-23(19)26(24)30-29(31)35-25/h3-10,12-15,17,27H,11,16H2,1-2H3/b25-17-/t27-/m0/s1. The van der Waals surface area contributed by atoms with E-state index in [9.17, 15) is 4.79 Å². The number of hydrogen-bond donors (Lipinski definition) is 0. The van der Waals surface area contributed by atoms with Crippen molar-refractivity contribution in [2.45, 2.75) is 18.9 Å². The Morgan fingerprint density at radius 3 is 2.31 bits per heavy atom. The Balaban J connectivity index is 1.58. The van der Waals surface area contributed by atoms with E-state index < -0.39 is 0 Å². The SMILES string of the molecule is COc1ccc(/C=c2\sc3n(c2=O)[C@@H](c2ccc(OC)cc2)C2=C(N=3)c3ccccc3CC2)cc1. The number of nitrogens with zero attached hydrogens (tertiary/aromatic N) is 2. The van der Waals surface area contributed by atoms with Crippen LogP contribution < -0.4 is 24.4 Å². The van der Waals surface area contributed by atoms with Crippen LogP contribution in [0.3, 0.4) is 0 Å². The van der Waals surface area contributed by atoms with E-state index >= 15 is 0 Å². The molecule has 0 unspecified atom stereocenters. The average molecular weight is 481 g/mol. The molecule has 0 saturated heterocycles. The van der Waals surface area contributed by atoms with E-state index in [0.717, 1.165) is 46.0 Å². The highest BCUT2D eigenvalue weighted by Crippen LogP contribution is 2.41. The Morgan fingerprint density at radius 1 is 0.914 bits per heavy atom. The van der Waals surface area contributed by atoms with Crippen LogP contribution in [-0.2, 0) is 6.42 Å². The highest BCUT2D eigenvalue weighted by atomic mass is 32.1. The normalized spacial score (nSPS) is 16.7. The van der Waals surface area contributed by atoms with Gasteiger partial charge in [-0.1, -0.05) is 59.9 Å². The molecule has 0 radical (unpaired) electrons. The summed E-state index contributed by atoms with van der Waals surface area (Å²) in [5, 5.41) is 0. The predicted molar refractivity (Wildman–Crippen MR) is 139 cm³/mol. The van der Waals surface area contributed by atoms with Crippen LogP contribution in [0.15, 0.2) is 88.2 Å². The maximum Gasteiger partial charge on any atom is 0.271 e. The third kappa shape index (κ3) is 3.70. The van der Waals surface area contributed by atoms with Gasteiger partial charge in [-0.05, 0) is 65.4 Å². The van der Waals surface area contributed by atoms with Crippen molar-refractivity contribution in [1.29, 1.82) is 0 Å². The van der Waals surface area contributed by atoms with Gasteiger partial charge < -0.3 is 9.47 Å². The van der Waals surface area contributed by atoms with E-state index in [-0.39, 0.29) is 11.6 Å². The number of aromatic nitrogens is 1. The first-order valence-electron chi connectivity index (χ1n) is 11.6. The zero-order valence-electron chi connectivity index (χ0n) is 19.5. The third-order valence-corrected chi connectivity index (χ3v) is 7.70. The summed E-state index contributed by atoms with van der Waals surface area (Å²) in [4.78, 5) is 19.6. The van der Waals surface area contributed by atoms with Crippen LogP contribution in [0.5, 0.6) is 11.5 Å². The first kappa shape index (κ1) is 21.6. The van der Waals surface area contributed by atoms with Crippen molar-refractivity contribution >= 4 is 23.1 Å². The van der Waals surface area contributed by atoms with Gasteiger partial charge in [0.1, 0.15) is 11.5 Å². The summed E-state index contributed by atoms with van der Waals surface area (Å²) in [6.45, 7) is 0. The van der Waals surface area contributed by atoms with Crippen molar-refractivity contribution in [3.63, 3.8) is 0 Å². The zero-order valence-corrected chi connectivity index (χ0v) is 20.3. The molecule has 0 spiro atoms. The summed E-state index contributed by atoms with van der Waals surface area (Å²) >= 11 is 1.44. The zero-order chi connectivity index (χ0) is 23.9. The Morgan fingerprint density at radius 2 is 1.60 bits per heavy atom. The minimum absolute atomic E-state index is 0.0178. The summed E-state index contributed by atoms with van der Waals surface area (Å²) in [5.74, 6) is 1.58. The minimum atomic E-state index is -0.196. The lowest BCUT2D eigenvalue weighted by Gasteiger charge is -2.30. The summed E-state index contributed by atoms with van der Waals surface area (Å²) in [5.41, 5.74) is 6.66. The molecule has 174 valence electrons. The number of fused-ring (bicyclic) bond motifs is 3. The van der Waals surface area contributed by atoms with Gasteiger partial charge in [-0.15, -0.1) is 0 Å². The molecule has 2 heterocycles. The molecule has 3 aromatic carbocycles. The topological polar surface area (TPSA) is 52.8 Å². The number of aryl methyl sites for hydroxylation is 1. The Kier molecular flexibility index (Phi) is 5.38. The summed E-state index contributed by atoms with van der Waals surface area (Å²) in [7, 11) is 3.31. The molecule has 0 fully saturated rings. The number of thiazole rings is 1. The molecular formula is C29H24N2O3S. The largest absolute Gasteiger partial charge is 0.497 e. The molecule has 0 bridgehead atoms. The van der Waals surface area contributed by atoms with Crippen LogP contribution in [0.2, 0.25) is 0 Å². The van der Waals surface area contributed by atoms with Crippen molar-refractivity contribution in [2.75, 3.05) is 14.2 Å². The highest BCUT2D eigenvalue weighted by Gasteiger charge is 2.32. The molecule has 1 aliphatic carbocycles. The van der Waals surface area contributed by atoms with Gasteiger partial charge in [-0.2, -0.15) is 0 Å². The van der Waals surface area contributed by atoms with Crippen LogP contribution in [0.4, 0.5) is 0 Å². The summed E-state index contributed by atoms with van der Waals surface area (Å²) in [6.07, 6.45) is 3.74. The van der Waals surface area contributed by atoms with E-state index in [0.29, 0.717) is 4.53 Å². The lowest BCUT2D eigenvalue weighted by molar-refractivity contribution is 0.414. The Bertz CT molecular complexity index is 1630. The lowest BCUT2D eigenvalue weighted by atomic mass is 9.83. The van der Waals surface area contributed by atoms with E-state index in [1.165, 1.54) is 28.0 Å². The fraction of sp³-hybridized carbons (Fsp3) is 0.172. The number of hydrogen-bond acceptors (Lipinski definition) is 5. The average Bonchev–Trinajstić information content (AvgIpc) is 3.22. The Labute approximate surface area is 206 Å². The molecular weight excluding hydrogens is 456 g/mol. The summed E-state index contributed by atoms with van der Waals surface area (Å²) < 4.78 is 13.2. The second-order valence-electron chi connectivity index (χ2n) is 8.66. The van der Waals surface area contributed by atoms with Crippen molar-refractivity contribution < 1.29 is 9.47 Å². The number of methoxy groups -OCH3 is 2. The van der Waals surface area contributed by atoms with Crippen LogP contribution in [-0.4, -0.2) is 18.8 Å². The van der Waals surface area contributed by atoms with Crippen LogP contribution >= 0.6 is 11.3 Å². The van der Waals surface area contributed by atoms with Crippen molar-refractivity contribution in [3.05, 3.63) is 120 Å². The second kappa shape index (κ2) is 8.71. The first-order valence-corrected chi connectivity index (χ1v) is 12.4. The quantitative estimate of drug-likeness (QED) is 0.437. The maximum atomic E-state index is 13.8. The molecule has 0 amide bonds. The van der Waals surface area contributed by atoms with Crippen molar-refractivity contribution in [2.24, 2.45) is 4.99 Å². The molecule has 1 aliphatic heterocycles. The third-order valence-electron chi connectivity index (χ3n) is 6.72. The molecule has 0 N–H and O–H groups in total. The molecule has 5 nitrogen and oxygen atoms in total. The fourth-order valence-corrected chi connectivity index (χ4v) is 5.96. The number of ether oxygens (including phenoxy) is 2.